The Morgan fingerprint density at radius 3 is 2.29 bits per heavy atom. The van der Waals surface area contributed by atoms with Crippen molar-refractivity contribution in [1.29, 1.82) is 0 Å². The van der Waals surface area contributed by atoms with Gasteiger partial charge in [-0.3, -0.25) is 0 Å². The van der Waals surface area contributed by atoms with Crippen molar-refractivity contribution in [3.8, 4) is 0 Å². The van der Waals surface area contributed by atoms with Crippen molar-refractivity contribution in [2.45, 2.75) is 18.4 Å². The van der Waals surface area contributed by atoms with E-state index in [1.54, 1.807) is 0 Å². The summed E-state index contributed by atoms with van der Waals surface area (Å²) in [4.78, 5) is 2.07. The van der Waals surface area contributed by atoms with Gasteiger partial charge in [0.2, 0.25) is 0 Å². The van der Waals surface area contributed by atoms with Crippen molar-refractivity contribution in [2.24, 2.45) is 5.73 Å². The highest BCUT2D eigenvalue weighted by atomic mass is 19.2. The molecule has 1 aliphatic heterocycles. The highest BCUT2D eigenvalue weighted by Gasteiger charge is 2.35. The first-order valence-electron chi connectivity index (χ1n) is 5.55. The lowest BCUT2D eigenvalue weighted by Crippen LogP contribution is -2.47. The van der Waals surface area contributed by atoms with Gasteiger partial charge < -0.3 is 10.6 Å². The van der Waals surface area contributed by atoms with Crippen LogP contribution in [-0.4, -0.2) is 25.0 Å². The molecule has 17 heavy (non-hydrogen) atoms. The number of nitrogens with zero attached hydrogens (tertiary/aromatic N) is 1. The Hall–Kier alpha value is -1.07. The van der Waals surface area contributed by atoms with Crippen LogP contribution in [-0.2, 0) is 5.54 Å². The minimum atomic E-state index is -1.44. The quantitative estimate of drug-likeness (QED) is 0.765. The SMILES string of the molecule is CN1CCC(N)(c2ccc(F)c(F)c2F)CC1. The smallest absolute Gasteiger partial charge is 0.194 e. The molecule has 5 heteroatoms. The van der Waals surface area contributed by atoms with Gasteiger partial charge in [0.05, 0.1) is 0 Å². The van der Waals surface area contributed by atoms with Crippen LogP contribution < -0.4 is 5.73 Å². The number of hydrogen-bond acceptors (Lipinski definition) is 2. The molecule has 94 valence electrons. The molecule has 0 atom stereocenters. The fourth-order valence-electron chi connectivity index (χ4n) is 2.20. The molecule has 0 aliphatic carbocycles. The van der Waals surface area contributed by atoms with Crippen molar-refractivity contribution in [1.82, 2.24) is 4.90 Å². The molecule has 2 N–H and O–H groups in total. The number of likely N-dealkylation sites (tertiary alicyclic amines) is 1. The Bertz CT molecular complexity index is 426. The molecule has 0 unspecified atom stereocenters. The van der Waals surface area contributed by atoms with Gasteiger partial charge in [-0.25, -0.2) is 13.2 Å². The average Bonchev–Trinajstić information content (AvgIpc) is 2.30. The predicted molar refractivity (Wildman–Crippen MR) is 58.9 cm³/mol. The molecule has 0 amide bonds. The molecule has 0 spiro atoms. The number of rotatable bonds is 1. The van der Waals surface area contributed by atoms with E-state index in [2.05, 4.69) is 4.90 Å². The number of piperidine rings is 1. The molecule has 1 heterocycles. The van der Waals surface area contributed by atoms with Gasteiger partial charge in [-0.15, -0.1) is 0 Å². The minimum Gasteiger partial charge on any atom is -0.321 e. The van der Waals surface area contributed by atoms with E-state index in [9.17, 15) is 13.2 Å². The van der Waals surface area contributed by atoms with E-state index >= 15 is 0 Å². The summed E-state index contributed by atoms with van der Waals surface area (Å²) < 4.78 is 39.7. The second-order valence-electron chi connectivity index (χ2n) is 4.68. The largest absolute Gasteiger partial charge is 0.321 e. The molecule has 1 fully saturated rings. The van der Waals surface area contributed by atoms with E-state index in [1.807, 2.05) is 7.05 Å². The molecule has 1 aromatic carbocycles. The van der Waals surface area contributed by atoms with Gasteiger partial charge >= 0.3 is 0 Å². The molecule has 1 saturated heterocycles. The average molecular weight is 244 g/mol. The molecule has 0 bridgehead atoms. The molecular weight excluding hydrogens is 229 g/mol. The fraction of sp³-hybridized carbons (Fsp3) is 0.500. The molecule has 1 aromatic rings. The fourth-order valence-corrected chi connectivity index (χ4v) is 2.20. The third-order valence-corrected chi connectivity index (χ3v) is 3.45. The van der Waals surface area contributed by atoms with Crippen molar-refractivity contribution < 1.29 is 13.2 Å². The lowest BCUT2D eigenvalue weighted by atomic mass is 9.81. The predicted octanol–water partition coefficient (Wildman–Crippen LogP) is 1.98. The maximum Gasteiger partial charge on any atom is 0.194 e. The van der Waals surface area contributed by atoms with Gasteiger partial charge in [-0.05, 0) is 39.0 Å². The maximum atomic E-state index is 13.7. The number of nitrogens with two attached hydrogens (primary N) is 1. The molecule has 0 aromatic heterocycles. The Kier molecular flexibility index (Phi) is 3.14. The minimum absolute atomic E-state index is 0.0736. The molecular formula is C12H15F3N2. The second kappa shape index (κ2) is 4.31. The van der Waals surface area contributed by atoms with Gasteiger partial charge in [0.15, 0.2) is 17.5 Å². The summed E-state index contributed by atoms with van der Waals surface area (Å²) >= 11 is 0. The lowest BCUT2D eigenvalue weighted by molar-refractivity contribution is 0.186. The van der Waals surface area contributed by atoms with Crippen LogP contribution in [0.3, 0.4) is 0 Å². The van der Waals surface area contributed by atoms with E-state index in [1.165, 1.54) is 6.07 Å². The van der Waals surface area contributed by atoms with Crippen LogP contribution in [0, 0.1) is 17.5 Å². The Balaban J connectivity index is 2.37. The van der Waals surface area contributed by atoms with Crippen LogP contribution in [0.2, 0.25) is 0 Å². The summed E-state index contributed by atoms with van der Waals surface area (Å²) in [5.41, 5.74) is 5.28. The number of benzene rings is 1. The van der Waals surface area contributed by atoms with Crippen LogP contribution in [0.4, 0.5) is 13.2 Å². The van der Waals surface area contributed by atoms with E-state index in [0.717, 1.165) is 19.2 Å². The monoisotopic (exact) mass is 244 g/mol. The van der Waals surface area contributed by atoms with Gasteiger partial charge in [-0.2, -0.15) is 0 Å². The Labute approximate surface area is 98.2 Å². The highest BCUT2D eigenvalue weighted by molar-refractivity contribution is 5.28. The van der Waals surface area contributed by atoms with Crippen molar-refractivity contribution in [3.63, 3.8) is 0 Å². The first-order valence-corrected chi connectivity index (χ1v) is 5.55. The molecule has 0 radical (unpaired) electrons. The van der Waals surface area contributed by atoms with Crippen molar-refractivity contribution >= 4 is 0 Å². The summed E-state index contributed by atoms with van der Waals surface area (Å²) in [6.45, 7) is 1.43. The zero-order valence-corrected chi connectivity index (χ0v) is 9.64. The van der Waals surface area contributed by atoms with Gasteiger partial charge in [0.1, 0.15) is 0 Å². The van der Waals surface area contributed by atoms with Crippen LogP contribution >= 0.6 is 0 Å². The van der Waals surface area contributed by atoms with Crippen LogP contribution in [0.25, 0.3) is 0 Å². The third kappa shape index (κ3) is 2.17. The summed E-state index contributed by atoms with van der Waals surface area (Å²) in [5, 5.41) is 0. The van der Waals surface area contributed by atoms with E-state index in [-0.39, 0.29) is 5.56 Å². The van der Waals surface area contributed by atoms with Crippen molar-refractivity contribution in [3.05, 3.63) is 35.1 Å². The van der Waals surface area contributed by atoms with E-state index in [0.29, 0.717) is 12.8 Å². The van der Waals surface area contributed by atoms with Crippen LogP contribution in [0.15, 0.2) is 12.1 Å². The third-order valence-electron chi connectivity index (χ3n) is 3.45. The lowest BCUT2D eigenvalue weighted by Gasteiger charge is -2.38. The number of halogens is 3. The van der Waals surface area contributed by atoms with Crippen LogP contribution in [0.5, 0.6) is 0 Å². The van der Waals surface area contributed by atoms with Gasteiger partial charge in [0.25, 0.3) is 0 Å². The second-order valence-corrected chi connectivity index (χ2v) is 4.68. The first-order chi connectivity index (χ1) is 7.94. The summed E-state index contributed by atoms with van der Waals surface area (Å²) in [7, 11) is 1.95. The molecule has 0 saturated carbocycles. The van der Waals surface area contributed by atoms with Crippen molar-refractivity contribution in [2.75, 3.05) is 20.1 Å². The van der Waals surface area contributed by atoms with Gasteiger partial charge in [-0.1, -0.05) is 6.07 Å². The summed E-state index contributed by atoms with van der Waals surface area (Å²) in [6, 6.07) is 2.18. The van der Waals surface area contributed by atoms with E-state index < -0.39 is 23.0 Å². The van der Waals surface area contributed by atoms with Gasteiger partial charge in [0, 0.05) is 11.1 Å². The zero-order chi connectivity index (χ0) is 12.6. The molecule has 2 rings (SSSR count). The van der Waals surface area contributed by atoms with E-state index in [4.69, 9.17) is 5.73 Å². The summed E-state index contributed by atoms with van der Waals surface area (Å²) in [5.74, 6) is -3.77. The Morgan fingerprint density at radius 2 is 1.71 bits per heavy atom. The molecule has 1 aliphatic rings. The zero-order valence-electron chi connectivity index (χ0n) is 9.64. The summed E-state index contributed by atoms with van der Waals surface area (Å²) in [6.07, 6.45) is 1.07. The normalized spacial score (nSPS) is 20.5. The van der Waals surface area contributed by atoms with Crippen LogP contribution in [0.1, 0.15) is 18.4 Å². The highest BCUT2D eigenvalue weighted by Crippen LogP contribution is 2.32. The topological polar surface area (TPSA) is 29.3 Å². The molecule has 2 nitrogen and oxygen atoms in total. The number of hydrogen-bond donors (Lipinski definition) is 1. The first kappa shape index (κ1) is 12.4. The Morgan fingerprint density at radius 1 is 1.12 bits per heavy atom. The maximum absolute atomic E-state index is 13.7. The standard InChI is InChI=1S/C12H15F3N2/c1-17-6-4-12(16,5-7-17)8-2-3-9(13)11(15)10(8)14/h2-3H,4-7,16H2,1H3.